The standard InChI is InChI=1S/C19H19NO/c21-19(17-9-5-2-6-10-17)20-18-13-11-16(12-14-18)15-7-3-1-4-8-15/h1-11,18H,12-14H2,(H,20,21)/t18-/m0/s1. The van der Waals surface area contributed by atoms with Crippen LogP contribution in [-0.2, 0) is 0 Å². The Morgan fingerprint density at radius 2 is 1.62 bits per heavy atom. The summed E-state index contributed by atoms with van der Waals surface area (Å²) in [5, 5.41) is 3.12. The van der Waals surface area contributed by atoms with Crippen LogP contribution >= 0.6 is 0 Å². The van der Waals surface area contributed by atoms with Crippen molar-refractivity contribution < 1.29 is 4.79 Å². The predicted molar refractivity (Wildman–Crippen MR) is 86.0 cm³/mol. The van der Waals surface area contributed by atoms with Gasteiger partial charge in [-0.1, -0.05) is 54.6 Å². The highest BCUT2D eigenvalue weighted by Crippen LogP contribution is 2.26. The lowest BCUT2D eigenvalue weighted by atomic mass is 9.90. The van der Waals surface area contributed by atoms with Crippen LogP contribution in [0.2, 0.25) is 0 Å². The number of nitrogens with one attached hydrogen (secondary N) is 1. The minimum Gasteiger partial charge on any atom is -0.349 e. The Morgan fingerprint density at radius 3 is 2.24 bits per heavy atom. The molecule has 0 aromatic heterocycles. The molecular formula is C19H19NO. The summed E-state index contributed by atoms with van der Waals surface area (Å²) in [4.78, 5) is 12.1. The fraction of sp³-hybridized carbons (Fsp3) is 0.211. The van der Waals surface area contributed by atoms with Gasteiger partial charge in [-0.25, -0.2) is 0 Å². The summed E-state index contributed by atoms with van der Waals surface area (Å²) in [6.45, 7) is 0. The lowest BCUT2D eigenvalue weighted by Crippen LogP contribution is -2.35. The van der Waals surface area contributed by atoms with Crippen molar-refractivity contribution in [1.29, 1.82) is 0 Å². The largest absolute Gasteiger partial charge is 0.349 e. The van der Waals surface area contributed by atoms with Gasteiger partial charge in [0.05, 0.1) is 0 Å². The van der Waals surface area contributed by atoms with Gasteiger partial charge in [-0.3, -0.25) is 4.79 Å². The van der Waals surface area contributed by atoms with Crippen molar-refractivity contribution in [3.8, 4) is 0 Å². The molecule has 21 heavy (non-hydrogen) atoms. The van der Waals surface area contributed by atoms with E-state index in [1.165, 1.54) is 11.1 Å². The van der Waals surface area contributed by atoms with Crippen LogP contribution in [0.3, 0.4) is 0 Å². The van der Waals surface area contributed by atoms with Gasteiger partial charge in [0.15, 0.2) is 0 Å². The Bertz CT molecular complexity index is 631. The summed E-state index contributed by atoms with van der Waals surface area (Å²) in [5.74, 6) is 0.0251. The van der Waals surface area contributed by atoms with Crippen molar-refractivity contribution in [3.05, 3.63) is 77.9 Å². The van der Waals surface area contributed by atoms with Crippen LogP contribution in [0.1, 0.15) is 35.2 Å². The molecule has 2 aromatic carbocycles. The second kappa shape index (κ2) is 6.40. The lowest BCUT2D eigenvalue weighted by Gasteiger charge is -2.23. The quantitative estimate of drug-likeness (QED) is 0.901. The van der Waals surface area contributed by atoms with E-state index in [2.05, 4.69) is 35.7 Å². The van der Waals surface area contributed by atoms with Crippen LogP contribution in [0.4, 0.5) is 0 Å². The molecule has 0 radical (unpaired) electrons. The van der Waals surface area contributed by atoms with Gasteiger partial charge in [-0.15, -0.1) is 0 Å². The number of hydrogen-bond donors (Lipinski definition) is 1. The Hall–Kier alpha value is -2.35. The maximum atomic E-state index is 12.1. The van der Waals surface area contributed by atoms with E-state index in [-0.39, 0.29) is 11.9 Å². The van der Waals surface area contributed by atoms with E-state index in [0.29, 0.717) is 0 Å². The zero-order valence-corrected chi connectivity index (χ0v) is 12.0. The number of rotatable bonds is 3. The molecule has 2 aromatic rings. The van der Waals surface area contributed by atoms with E-state index in [9.17, 15) is 4.79 Å². The van der Waals surface area contributed by atoms with Crippen molar-refractivity contribution in [1.82, 2.24) is 5.32 Å². The monoisotopic (exact) mass is 277 g/mol. The predicted octanol–water partition coefficient (Wildman–Crippen LogP) is 4.05. The minimum atomic E-state index is 0.0251. The molecule has 0 aliphatic heterocycles. The van der Waals surface area contributed by atoms with E-state index >= 15 is 0 Å². The summed E-state index contributed by atoms with van der Waals surface area (Å²) < 4.78 is 0. The van der Waals surface area contributed by atoms with Gasteiger partial charge in [0.2, 0.25) is 0 Å². The first-order valence-electron chi connectivity index (χ1n) is 7.43. The molecule has 1 aliphatic carbocycles. The first-order valence-corrected chi connectivity index (χ1v) is 7.43. The van der Waals surface area contributed by atoms with Crippen LogP contribution in [0.15, 0.2) is 66.7 Å². The highest BCUT2D eigenvalue weighted by molar-refractivity contribution is 5.94. The summed E-state index contributed by atoms with van der Waals surface area (Å²) in [6, 6.07) is 20.1. The zero-order valence-electron chi connectivity index (χ0n) is 12.0. The normalized spacial score (nSPS) is 17.9. The van der Waals surface area contributed by atoms with Gasteiger partial charge in [-0.05, 0) is 42.5 Å². The molecule has 2 nitrogen and oxygen atoms in total. The van der Waals surface area contributed by atoms with Crippen LogP contribution < -0.4 is 5.32 Å². The highest BCUT2D eigenvalue weighted by atomic mass is 16.1. The Labute approximate surface area is 125 Å². The second-order valence-electron chi connectivity index (χ2n) is 5.41. The number of hydrogen-bond acceptors (Lipinski definition) is 1. The Balaban J connectivity index is 1.61. The summed E-state index contributed by atoms with van der Waals surface area (Å²) in [6.07, 6.45) is 5.18. The molecule has 1 aliphatic rings. The van der Waals surface area contributed by atoms with Gasteiger partial charge in [-0.2, -0.15) is 0 Å². The SMILES string of the molecule is O=C(N[C@H]1CC=C(c2ccccc2)CC1)c1ccccc1. The molecule has 1 atom stereocenters. The number of carbonyl (C=O) groups excluding carboxylic acids is 1. The Morgan fingerprint density at radius 1 is 0.952 bits per heavy atom. The van der Waals surface area contributed by atoms with Crippen molar-refractivity contribution in [3.63, 3.8) is 0 Å². The fourth-order valence-electron chi connectivity index (χ4n) is 2.74. The van der Waals surface area contributed by atoms with Crippen molar-refractivity contribution in [2.75, 3.05) is 0 Å². The van der Waals surface area contributed by atoms with Crippen LogP contribution in [0, 0.1) is 0 Å². The molecule has 1 N–H and O–H groups in total. The average molecular weight is 277 g/mol. The average Bonchev–Trinajstić information content (AvgIpc) is 2.57. The van der Waals surface area contributed by atoms with Gasteiger partial charge in [0, 0.05) is 11.6 Å². The van der Waals surface area contributed by atoms with E-state index in [1.807, 2.05) is 36.4 Å². The van der Waals surface area contributed by atoms with Gasteiger partial charge < -0.3 is 5.32 Å². The van der Waals surface area contributed by atoms with Gasteiger partial charge in [0.1, 0.15) is 0 Å². The van der Waals surface area contributed by atoms with E-state index in [1.54, 1.807) is 0 Å². The Kier molecular flexibility index (Phi) is 4.15. The first kappa shape index (κ1) is 13.6. The van der Waals surface area contributed by atoms with E-state index < -0.39 is 0 Å². The maximum absolute atomic E-state index is 12.1. The molecule has 2 heteroatoms. The first-order chi connectivity index (χ1) is 10.3. The maximum Gasteiger partial charge on any atom is 0.251 e. The fourth-order valence-corrected chi connectivity index (χ4v) is 2.74. The van der Waals surface area contributed by atoms with Crippen molar-refractivity contribution >= 4 is 11.5 Å². The molecule has 0 bridgehead atoms. The summed E-state index contributed by atoms with van der Waals surface area (Å²) in [5.41, 5.74) is 3.42. The molecule has 3 rings (SSSR count). The number of benzene rings is 2. The molecule has 0 fully saturated rings. The van der Waals surface area contributed by atoms with Crippen LogP contribution in [-0.4, -0.2) is 11.9 Å². The van der Waals surface area contributed by atoms with E-state index in [4.69, 9.17) is 0 Å². The number of amides is 1. The number of carbonyl (C=O) groups is 1. The molecule has 0 saturated heterocycles. The molecule has 0 heterocycles. The zero-order chi connectivity index (χ0) is 14.5. The third kappa shape index (κ3) is 3.40. The lowest BCUT2D eigenvalue weighted by molar-refractivity contribution is 0.0935. The highest BCUT2D eigenvalue weighted by Gasteiger charge is 2.17. The van der Waals surface area contributed by atoms with E-state index in [0.717, 1.165) is 24.8 Å². The van der Waals surface area contributed by atoms with Crippen LogP contribution in [0.25, 0.3) is 5.57 Å². The third-order valence-corrected chi connectivity index (χ3v) is 3.93. The molecule has 106 valence electrons. The summed E-state index contributed by atoms with van der Waals surface area (Å²) >= 11 is 0. The molecule has 0 saturated carbocycles. The number of allylic oxidation sites excluding steroid dienone is 1. The molecule has 0 spiro atoms. The topological polar surface area (TPSA) is 29.1 Å². The van der Waals surface area contributed by atoms with Crippen molar-refractivity contribution in [2.24, 2.45) is 0 Å². The summed E-state index contributed by atoms with van der Waals surface area (Å²) in [7, 11) is 0. The molecular weight excluding hydrogens is 258 g/mol. The minimum absolute atomic E-state index is 0.0251. The smallest absolute Gasteiger partial charge is 0.251 e. The van der Waals surface area contributed by atoms with Crippen molar-refractivity contribution in [2.45, 2.75) is 25.3 Å². The van der Waals surface area contributed by atoms with Gasteiger partial charge >= 0.3 is 0 Å². The third-order valence-electron chi connectivity index (χ3n) is 3.93. The molecule has 1 amide bonds. The van der Waals surface area contributed by atoms with Crippen LogP contribution in [0.5, 0.6) is 0 Å². The second-order valence-corrected chi connectivity index (χ2v) is 5.41. The van der Waals surface area contributed by atoms with Gasteiger partial charge in [0.25, 0.3) is 5.91 Å². The molecule has 0 unspecified atom stereocenters.